The third kappa shape index (κ3) is 3.22. The third-order valence-corrected chi connectivity index (χ3v) is 4.40. The maximum absolute atomic E-state index is 6.09. The number of piperazine rings is 1. The van der Waals surface area contributed by atoms with Crippen LogP contribution in [0.15, 0.2) is 30.6 Å². The van der Waals surface area contributed by atoms with Crippen LogP contribution >= 0.6 is 23.2 Å². The van der Waals surface area contributed by atoms with Crippen molar-refractivity contribution in [2.45, 2.75) is 6.92 Å². The van der Waals surface area contributed by atoms with Gasteiger partial charge < -0.3 is 9.80 Å². The first-order chi connectivity index (χ1) is 10.1. The van der Waals surface area contributed by atoms with E-state index in [1.165, 1.54) is 0 Å². The highest BCUT2D eigenvalue weighted by atomic mass is 35.5. The Balaban J connectivity index is 1.68. The van der Waals surface area contributed by atoms with Crippen LogP contribution in [0.1, 0.15) is 5.69 Å². The van der Waals surface area contributed by atoms with Crippen molar-refractivity contribution in [3.63, 3.8) is 0 Å². The zero-order chi connectivity index (χ0) is 14.8. The van der Waals surface area contributed by atoms with Crippen molar-refractivity contribution in [2.75, 3.05) is 36.0 Å². The number of hydrogen-bond acceptors (Lipinski definition) is 4. The van der Waals surface area contributed by atoms with Gasteiger partial charge in [0, 0.05) is 43.6 Å². The maximum Gasteiger partial charge on any atom is 0.132 e. The van der Waals surface area contributed by atoms with Crippen LogP contribution in [0.4, 0.5) is 11.5 Å². The Morgan fingerprint density at radius 1 is 0.905 bits per heavy atom. The van der Waals surface area contributed by atoms with Crippen LogP contribution in [0, 0.1) is 6.92 Å². The molecule has 2 aromatic rings. The zero-order valence-electron chi connectivity index (χ0n) is 11.8. The number of hydrogen-bond donors (Lipinski definition) is 0. The molecule has 0 N–H and O–H groups in total. The Morgan fingerprint density at radius 2 is 1.62 bits per heavy atom. The molecule has 1 aromatic heterocycles. The summed E-state index contributed by atoms with van der Waals surface area (Å²) in [5.74, 6) is 0.997. The molecule has 0 unspecified atom stereocenters. The summed E-state index contributed by atoms with van der Waals surface area (Å²) in [5, 5.41) is 1.19. The monoisotopic (exact) mass is 322 g/mol. The van der Waals surface area contributed by atoms with Gasteiger partial charge in [0.2, 0.25) is 0 Å². The van der Waals surface area contributed by atoms with E-state index in [4.69, 9.17) is 23.2 Å². The SMILES string of the molecule is Cc1cc(N2CCN(c3ccc(Cl)c(Cl)c3)CC2)ncn1. The van der Waals surface area contributed by atoms with Gasteiger partial charge in [0.15, 0.2) is 0 Å². The van der Waals surface area contributed by atoms with E-state index >= 15 is 0 Å². The highest BCUT2D eigenvalue weighted by Gasteiger charge is 2.19. The Bertz CT molecular complexity index is 639. The molecule has 110 valence electrons. The minimum absolute atomic E-state index is 0.593. The van der Waals surface area contributed by atoms with Crippen LogP contribution < -0.4 is 9.80 Å². The van der Waals surface area contributed by atoms with Gasteiger partial charge in [-0.3, -0.25) is 0 Å². The van der Waals surface area contributed by atoms with Gasteiger partial charge in [0.05, 0.1) is 10.0 Å². The molecule has 1 aliphatic heterocycles. The summed E-state index contributed by atoms with van der Waals surface area (Å²) in [6.45, 7) is 5.70. The van der Waals surface area contributed by atoms with Gasteiger partial charge in [0.1, 0.15) is 12.1 Å². The second-order valence-corrected chi connectivity index (χ2v) is 5.90. The number of aryl methyl sites for hydroxylation is 1. The summed E-state index contributed by atoms with van der Waals surface area (Å²) in [6, 6.07) is 7.81. The van der Waals surface area contributed by atoms with Crippen molar-refractivity contribution in [1.29, 1.82) is 0 Å². The lowest BCUT2D eigenvalue weighted by Crippen LogP contribution is -2.46. The van der Waals surface area contributed by atoms with Gasteiger partial charge in [-0.15, -0.1) is 0 Å². The molecule has 6 heteroatoms. The van der Waals surface area contributed by atoms with Crippen LogP contribution in [-0.4, -0.2) is 36.1 Å². The standard InChI is InChI=1S/C15H16Cl2N4/c1-11-8-15(19-10-18-11)21-6-4-20(5-7-21)12-2-3-13(16)14(17)9-12/h2-3,8-10H,4-7H2,1H3. The highest BCUT2D eigenvalue weighted by molar-refractivity contribution is 6.42. The smallest absolute Gasteiger partial charge is 0.132 e. The first kappa shape index (κ1) is 14.4. The van der Waals surface area contributed by atoms with Crippen molar-refractivity contribution in [3.05, 3.63) is 46.3 Å². The lowest BCUT2D eigenvalue weighted by molar-refractivity contribution is 0.646. The Labute approximate surface area is 134 Å². The molecule has 2 heterocycles. The maximum atomic E-state index is 6.09. The largest absolute Gasteiger partial charge is 0.368 e. The fraction of sp³-hybridized carbons (Fsp3) is 0.333. The van der Waals surface area contributed by atoms with Gasteiger partial charge in [-0.25, -0.2) is 9.97 Å². The summed E-state index contributed by atoms with van der Waals surface area (Å²) in [7, 11) is 0. The second-order valence-electron chi connectivity index (χ2n) is 5.09. The van der Waals surface area contributed by atoms with Crippen molar-refractivity contribution in [1.82, 2.24) is 9.97 Å². The van der Waals surface area contributed by atoms with Gasteiger partial charge in [-0.05, 0) is 25.1 Å². The highest BCUT2D eigenvalue weighted by Crippen LogP contribution is 2.28. The molecule has 1 fully saturated rings. The topological polar surface area (TPSA) is 32.3 Å². The van der Waals surface area contributed by atoms with Crippen molar-refractivity contribution in [3.8, 4) is 0 Å². The van der Waals surface area contributed by atoms with E-state index in [0.717, 1.165) is 43.4 Å². The van der Waals surface area contributed by atoms with Crippen LogP contribution in [-0.2, 0) is 0 Å². The number of aromatic nitrogens is 2. The quantitative estimate of drug-likeness (QED) is 0.848. The number of halogens is 2. The first-order valence-corrected chi connectivity index (χ1v) is 7.63. The van der Waals surface area contributed by atoms with Crippen LogP contribution in [0.3, 0.4) is 0 Å². The molecule has 0 aliphatic carbocycles. The lowest BCUT2D eigenvalue weighted by atomic mass is 10.2. The molecule has 0 radical (unpaired) electrons. The fourth-order valence-electron chi connectivity index (χ4n) is 2.49. The zero-order valence-corrected chi connectivity index (χ0v) is 13.3. The fourth-order valence-corrected chi connectivity index (χ4v) is 2.78. The molecule has 3 rings (SSSR count). The number of benzene rings is 1. The molecule has 21 heavy (non-hydrogen) atoms. The summed E-state index contributed by atoms with van der Waals surface area (Å²) in [6.07, 6.45) is 1.62. The predicted octanol–water partition coefficient (Wildman–Crippen LogP) is 3.42. The molecule has 1 aromatic carbocycles. The van der Waals surface area contributed by atoms with Crippen LogP contribution in [0.2, 0.25) is 10.0 Å². The molecule has 1 saturated heterocycles. The van der Waals surface area contributed by atoms with E-state index in [0.29, 0.717) is 10.0 Å². The predicted molar refractivity (Wildman–Crippen MR) is 87.7 cm³/mol. The number of rotatable bonds is 2. The van der Waals surface area contributed by atoms with Gasteiger partial charge in [-0.2, -0.15) is 0 Å². The number of anilines is 2. The second kappa shape index (κ2) is 6.08. The molecule has 4 nitrogen and oxygen atoms in total. The Kier molecular flexibility index (Phi) is 4.17. The summed E-state index contributed by atoms with van der Waals surface area (Å²) in [5.41, 5.74) is 2.11. The summed E-state index contributed by atoms with van der Waals surface area (Å²) >= 11 is 12.1. The molecule has 0 bridgehead atoms. The van der Waals surface area contributed by atoms with E-state index in [1.807, 2.05) is 31.2 Å². The van der Waals surface area contributed by atoms with Gasteiger partial charge in [-0.1, -0.05) is 23.2 Å². The van der Waals surface area contributed by atoms with E-state index in [9.17, 15) is 0 Å². The molecule has 0 spiro atoms. The van der Waals surface area contributed by atoms with Crippen molar-refractivity contribution < 1.29 is 0 Å². The van der Waals surface area contributed by atoms with E-state index in [-0.39, 0.29) is 0 Å². The first-order valence-electron chi connectivity index (χ1n) is 6.87. The summed E-state index contributed by atoms with van der Waals surface area (Å²) < 4.78 is 0. The molecule has 1 aliphatic rings. The molecular formula is C15H16Cl2N4. The van der Waals surface area contributed by atoms with Crippen molar-refractivity contribution >= 4 is 34.7 Å². The average Bonchev–Trinajstić information content (AvgIpc) is 2.50. The van der Waals surface area contributed by atoms with Crippen LogP contribution in [0.5, 0.6) is 0 Å². The minimum atomic E-state index is 0.593. The molecular weight excluding hydrogens is 307 g/mol. The van der Waals surface area contributed by atoms with Gasteiger partial charge in [0.25, 0.3) is 0 Å². The summed E-state index contributed by atoms with van der Waals surface area (Å²) in [4.78, 5) is 13.1. The third-order valence-electron chi connectivity index (χ3n) is 3.66. The van der Waals surface area contributed by atoms with E-state index < -0.39 is 0 Å². The molecule has 0 amide bonds. The molecule has 0 atom stereocenters. The van der Waals surface area contributed by atoms with Crippen molar-refractivity contribution in [2.24, 2.45) is 0 Å². The normalized spacial score (nSPS) is 15.4. The lowest BCUT2D eigenvalue weighted by Gasteiger charge is -2.36. The molecule has 0 saturated carbocycles. The van der Waals surface area contributed by atoms with Gasteiger partial charge >= 0.3 is 0 Å². The van der Waals surface area contributed by atoms with E-state index in [1.54, 1.807) is 6.33 Å². The Morgan fingerprint density at radius 3 is 2.29 bits per heavy atom. The average molecular weight is 323 g/mol. The number of nitrogens with zero attached hydrogens (tertiary/aromatic N) is 4. The minimum Gasteiger partial charge on any atom is -0.368 e. The van der Waals surface area contributed by atoms with E-state index in [2.05, 4.69) is 19.8 Å². The Hall–Kier alpha value is -1.52. The van der Waals surface area contributed by atoms with Crippen LogP contribution in [0.25, 0.3) is 0 Å².